The summed E-state index contributed by atoms with van der Waals surface area (Å²) in [5.41, 5.74) is 1.35. The molecular formula is C21H19ClFNO4. The quantitative estimate of drug-likeness (QED) is 0.620. The van der Waals surface area contributed by atoms with Gasteiger partial charge in [0.05, 0.1) is 11.4 Å². The number of hydrogen-bond donors (Lipinski definition) is 2. The van der Waals surface area contributed by atoms with Gasteiger partial charge in [-0.2, -0.15) is 0 Å². The van der Waals surface area contributed by atoms with Crippen molar-refractivity contribution >= 4 is 34.4 Å². The van der Waals surface area contributed by atoms with Crippen molar-refractivity contribution < 1.29 is 24.2 Å². The molecule has 3 rings (SSSR count). The van der Waals surface area contributed by atoms with E-state index in [-0.39, 0.29) is 5.52 Å². The number of benzene rings is 2. The first-order valence-electron chi connectivity index (χ1n) is 8.82. The smallest absolute Gasteiger partial charge is 0.311 e. The molecule has 2 aromatic carbocycles. The Balaban J connectivity index is 2.32. The van der Waals surface area contributed by atoms with Crippen LogP contribution in [0.1, 0.15) is 47.3 Å². The van der Waals surface area contributed by atoms with E-state index in [9.17, 15) is 24.2 Å². The van der Waals surface area contributed by atoms with Crippen LogP contribution in [-0.4, -0.2) is 26.7 Å². The number of rotatable bonds is 5. The molecule has 28 heavy (non-hydrogen) atoms. The van der Waals surface area contributed by atoms with E-state index >= 15 is 0 Å². The third-order valence-corrected chi connectivity index (χ3v) is 5.09. The van der Waals surface area contributed by atoms with E-state index in [1.807, 2.05) is 6.92 Å². The minimum absolute atomic E-state index is 0.213. The Hall–Kier alpha value is -2.86. The summed E-state index contributed by atoms with van der Waals surface area (Å²) < 4.78 is 15.4. The van der Waals surface area contributed by atoms with Crippen molar-refractivity contribution in [3.63, 3.8) is 0 Å². The lowest BCUT2D eigenvalue weighted by molar-refractivity contribution is -0.139. The predicted octanol–water partition coefficient (Wildman–Crippen LogP) is 5.10. The van der Waals surface area contributed by atoms with Gasteiger partial charge < -0.3 is 10.2 Å². The van der Waals surface area contributed by atoms with Crippen LogP contribution >= 0.6 is 11.6 Å². The fourth-order valence-electron chi connectivity index (χ4n) is 3.55. The lowest BCUT2D eigenvalue weighted by Crippen LogP contribution is -2.16. The van der Waals surface area contributed by atoms with Gasteiger partial charge in [-0.3, -0.25) is 14.2 Å². The maximum Gasteiger partial charge on any atom is 0.311 e. The number of aliphatic carboxylic acids is 1. The lowest BCUT2D eigenvalue weighted by Gasteiger charge is -2.13. The number of phenolic OH excluding ortho intramolecular Hbond substituents is 1. The maximum atomic E-state index is 14.1. The highest BCUT2D eigenvalue weighted by atomic mass is 35.5. The number of carbonyl (C=O) groups excluding carboxylic acids is 1. The van der Waals surface area contributed by atoms with Gasteiger partial charge in [0, 0.05) is 27.7 Å². The molecule has 0 aliphatic carbocycles. The number of fused-ring (bicyclic) bond motifs is 1. The van der Waals surface area contributed by atoms with Crippen LogP contribution in [0.3, 0.4) is 0 Å². The van der Waals surface area contributed by atoms with E-state index in [4.69, 9.17) is 11.6 Å². The molecule has 0 aliphatic heterocycles. The number of nitrogens with zero attached hydrogens (tertiary/aromatic N) is 1. The standard InChI is InChI=1S/C21H19ClFNO4/c1-3-4-14(21(27)28)19-11(2)24(17-10-16(23)18(25)9-15(17)19)20(26)12-5-7-13(22)8-6-12/h5-10,14,25H,3-4H2,1-2H3,(H,27,28)/t14-/m0/s1. The topological polar surface area (TPSA) is 79.5 Å². The minimum atomic E-state index is -1.04. The van der Waals surface area contributed by atoms with Gasteiger partial charge in [-0.1, -0.05) is 24.9 Å². The number of aromatic nitrogens is 1. The molecule has 1 aromatic heterocycles. The van der Waals surface area contributed by atoms with Crippen molar-refractivity contribution in [3.05, 3.63) is 64.1 Å². The molecule has 5 nitrogen and oxygen atoms in total. The minimum Gasteiger partial charge on any atom is -0.505 e. The highest BCUT2D eigenvalue weighted by Crippen LogP contribution is 2.37. The summed E-state index contributed by atoms with van der Waals surface area (Å²) in [7, 11) is 0. The van der Waals surface area contributed by atoms with Gasteiger partial charge in [-0.15, -0.1) is 0 Å². The molecule has 2 N–H and O–H groups in total. The zero-order valence-electron chi connectivity index (χ0n) is 15.4. The van der Waals surface area contributed by atoms with Gasteiger partial charge in [0.15, 0.2) is 11.6 Å². The van der Waals surface area contributed by atoms with Crippen molar-refractivity contribution in [2.24, 2.45) is 0 Å². The molecule has 3 aromatic rings. The van der Waals surface area contributed by atoms with Crippen LogP contribution in [0.2, 0.25) is 5.02 Å². The van der Waals surface area contributed by atoms with Crippen molar-refractivity contribution in [2.75, 3.05) is 0 Å². The molecule has 0 unspecified atom stereocenters. The number of phenols is 1. The second-order valence-electron chi connectivity index (χ2n) is 6.65. The third kappa shape index (κ3) is 3.36. The van der Waals surface area contributed by atoms with Crippen LogP contribution in [0.25, 0.3) is 10.9 Å². The number of carboxylic acids is 1. The number of halogens is 2. The molecule has 0 radical (unpaired) electrons. The number of carbonyl (C=O) groups is 2. The molecule has 1 atom stereocenters. The van der Waals surface area contributed by atoms with Crippen LogP contribution in [-0.2, 0) is 4.79 Å². The summed E-state index contributed by atoms with van der Waals surface area (Å²) in [5.74, 6) is -3.82. The van der Waals surface area contributed by atoms with Crippen LogP contribution < -0.4 is 0 Å². The molecule has 0 bridgehead atoms. The number of aromatic hydroxyl groups is 1. The van der Waals surface area contributed by atoms with Gasteiger partial charge in [0.25, 0.3) is 5.91 Å². The largest absolute Gasteiger partial charge is 0.505 e. The van der Waals surface area contributed by atoms with Gasteiger partial charge in [0.1, 0.15) is 0 Å². The summed E-state index contributed by atoms with van der Waals surface area (Å²) >= 11 is 5.88. The van der Waals surface area contributed by atoms with Crippen molar-refractivity contribution in [1.82, 2.24) is 4.57 Å². The Kier molecular flexibility index (Phi) is 5.42. The second-order valence-corrected chi connectivity index (χ2v) is 7.08. The first-order chi connectivity index (χ1) is 13.3. The predicted molar refractivity (Wildman–Crippen MR) is 105 cm³/mol. The zero-order valence-corrected chi connectivity index (χ0v) is 16.1. The number of carboxylic acid groups (broad SMARTS) is 1. The molecule has 0 spiro atoms. The van der Waals surface area contributed by atoms with Crippen LogP contribution in [0, 0.1) is 12.7 Å². The van der Waals surface area contributed by atoms with Gasteiger partial charge in [-0.25, -0.2) is 4.39 Å². The van der Waals surface area contributed by atoms with Gasteiger partial charge in [0.2, 0.25) is 0 Å². The molecule has 146 valence electrons. The van der Waals surface area contributed by atoms with Crippen LogP contribution in [0.15, 0.2) is 36.4 Å². The summed E-state index contributed by atoms with van der Waals surface area (Å²) in [6, 6.07) is 8.48. The first-order valence-corrected chi connectivity index (χ1v) is 9.20. The average molecular weight is 404 g/mol. The van der Waals surface area contributed by atoms with Crippen LogP contribution in [0.5, 0.6) is 5.75 Å². The maximum absolute atomic E-state index is 14.1. The van der Waals surface area contributed by atoms with Gasteiger partial charge >= 0.3 is 5.97 Å². The highest BCUT2D eigenvalue weighted by Gasteiger charge is 2.29. The molecule has 0 amide bonds. The summed E-state index contributed by atoms with van der Waals surface area (Å²) in [6.07, 6.45) is 0.962. The highest BCUT2D eigenvalue weighted by molar-refractivity contribution is 6.30. The van der Waals surface area contributed by atoms with Crippen molar-refractivity contribution in [1.29, 1.82) is 0 Å². The Morgan fingerprint density at radius 2 is 1.86 bits per heavy atom. The van der Waals surface area contributed by atoms with Crippen molar-refractivity contribution in [3.8, 4) is 5.75 Å². The zero-order chi connectivity index (χ0) is 20.6. The van der Waals surface area contributed by atoms with E-state index < -0.39 is 29.4 Å². The fraction of sp³-hybridized carbons (Fsp3) is 0.238. The third-order valence-electron chi connectivity index (χ3n) is 4.84. The van der Waals surface area contributed by atoms with Gasteiger partial charge in [-0.05, 0) is 49.2 Å². The molecule has 7 heteroatoms. The fourth-order valence-corrected chi connectivity index (χ4v) is 3.68. The molecule has 0 aliphatic rings. The first kappa shape index (κ1) is 19.9. The van der Waals surface area contributed by atoms with E-state index in [1.54, 1.807) is 31.2 Å². The summed E-state index contributed by atoms with van der Waals surface area (Å²) in [5, 5.41) is 20.4. The molecule has 0 saturated carbocycles. The van der Waals surface area contributed by atoms with E-state index in [0.717, 1.165) is 6.07 Å². The molecule has 0 fully saturated rings. The van der Waals surface area contributed by atoms with Crippen molar-refractivity contribution in [2.45, 2.75) is 32.6 Å². The lowest BCUT2D eigenvalue weighted by atomic mass is 9.92. The van der Waals surface area contributed by atoms with E-state index in [0.29, 0.717) is 40.1 Å². The molecule has 1 heterocycles. The normalized spacial score (nSPS) is 12.3. The Bertz CT molecular complexity index is 1070. The molecular weight excluding hydrogens is 385 g/mol. The Labute approximate surface area is 166 Å². The average Bonchev–Trinajstić information content (AvgIpc) is 2.91. The monoisotopic (exact) mass is 403 g/mol. The molecule has 0 saturated heterocycles. The summed E-state index contributed by atoms with van der Waals surface area (Å²) in [6.45, 7) is 3.49. The Morgan fingerprint density at radius 3 is 2.43 bits per heavy atom. The SMILES string of the molecule is CCC[C@H](C(=O)O)c1c(C)n(C(=O)c2ccc(Cl)cc2)c2cc(F)c(O)cc12. The summed E-state index contributed by atoms with van der Waals surface area (Å²) in [4.78, 5) is 25.0. The van der Waals surface area contributed by atoms with E-state index in [2.05, 4.69) is 0 Å². The second kappa shape index (κ2) is 7.64. The van der Waals surface area contributed by atoms with Crippen LogP contribution in [0.4, 0.5) is 4.39 Å². The Morgan fingerprint density at radius 1 is 1.21 bits per heavy atom. The van der Waals surface area contributed by atoms with E-state index in [1.165, 1.54) is 10.6 Å². The number of hydrogen-bond acceptors (Lipinski definition) is 3.